The first kappa shape index (κ1) is 13.3. The van der Waals surface area contributed by atoms with Crippen molar-refractivity contribution in [2.45, 2.75) is 6.42 Å². The van der Waals surface area contributed by atoms with E-state index in [4.69, 9.17) is 0 Å². The Kier molecular flexibility index (Phi) is 3.64. The zero-order valence-electron chi connectivity index (χ0n) is 11.3. The number of nitrogens with zero attached hydrogens (tertiary/aromatic N) is 1. The molecule has 0 saturated carbocycles. The van der Waals surface area contributed by atoms with Gasteiger partial charge in [0.15, 0.2) is 5.69 Å². The van der Waals surface area contributed by atoms with Crippen LogP contribution in [-0.4, -0.2) is 22.6 Å². The van der Waals surface area contributed by atoms with Crippen LogP contribution in [0.3, 0.4) is 0 Å². The fraction of sp³-hybridized carbons (Fsp3) is 0.125. The zero-order valence-corrected chi connectivity index (χ0v) is 11.3. The third-order valence-corrected chi connectivity index (χ3v) is 3.27. The van der Waals surface area contributed by atoms with Gasteiger partial charge in [-0.1, -0.05) is 30.3 Å². The Morgan fingerprint density at radius 1 is 1.19 bits per heavy atom. The predicted molar refractivity (Wildman–Crippen MR) is 78.5 cm³/mol. The number of amides is 1. The minimum atomic E-state index is -0.267. The van der Waals surface area contributed by atoms with Crippen LogP contribution in [-0.2, 0) is 6.42 Å². The summed E-state index contributed by atoms with van der Waals surface area (Å²) in [5, 5.41) is 10.5. The molecule has 0 fully saturated rings. The molecule has 0 unspecified atom stereocenters. The van der Waals surface area contributed by atoms with Crippen LogP contribution in [0.25, 0.3) is 10.9 Å². The highest BCUT2D eigenvalue weighted by atomic mass is 19.1. The van der Waals surface area contributed by atoms with Crippen molar-refractivity contribution in [1.82, 2.24) is 15.5 Å². The maximum atomic E-state index is 13.0. The summed E-state index contributed by atoms with van der Waals surface area (Å²) in [6, 6.07) is 13.8. The van der Waals surface area contributed by atoms with Crippen LogP contribution < -0.4 is 5.32 Å². The van der Waals surface area contributed by atoms with E-state index < -0.39 is 0 Å². The maximum Gasteiger partial charge on any atom is 0.272 e. The SMILES string of the molecule is O=C(NCCc1cccc(F)c1)c1n[nH]c2ccccc12. The van der Waals surface area contributed by atoms with Crippen LogP contribution >= 0.6 is 0 Å². The van der Waals surface area contributed by atoms with Crippen LogP contribution in [0, 0.1) is 5.82 Å². The van der Waals surface area contributed by atoms with Crippen molar-refractivity contribution in [3.05, 3.63) is 65.6 Å². The molecule has 3 aromatic rings. The highest BCUT2D eigenvalue weighted by molar-refractivity contribution is 6.04. The van der Waals surface area contributed by atoms with E-state index >= 15 is 0 Å². The van der Waals surface area contributed by atoms with Gasteiger partial charge >= 0.3 is 0 Å². The number of benzene rings is 2. The number of aromatic amines is 1. The van der Waals surface area contributed by atoms with Crippen molar-refractivity contribution in [3.8, 4) is 0 Å². The summed E-state index contributed by atoms with van der Waals surface area (Å²) in [5.41, 5.74) is 2.06. The summed E-state index contributed by atoms with van der Waals surface area (Å²) in [4.78, 5) is 12.1. The Labute approximate surface area is 121 Å². The number of para-hydroxylation sites is 1. The lowest BCUT2D eigenvalue weighted by Crippen LogP contribution is -2.26. The maximum absolute atomic E-state index is 13.0. The second kappa shape index (κ2) is 5.75. The molecule has 5 heteroatoms. The van der Waals surface area contributed by atoms with E-state index in [2.05, 4.69) is 15.5 Å². The van der Waals surface area contributed by atoms with Crippen LogP contribution in [0.1, 0.15) is 16.1 Å². The van der Waals surface area contributed by atoms with Gasteiger partial charge in [-0.05, 0) is 30.2 Å². The lowest BCUT2D eigenvalue weighted by molar-refractivity contribution is 0.0950. The van der Waals surface area contributed by atoms with Crippen LogP contribution in [0.5, 0.6) is 0 Å². The number of halogens is 1. The minimum Gasteiger partial charge on any atom is -0.350 e. The van der Waals surface area contributed by atoms with E-state index in [-0.39, 0.29) is 11.7 Å². The van der Waals surface area contributed by atoms with Crippen LogP contribution in [0.15, 0.2) is 48.5 Å². The van der Waals surface area contributed by atoms with Gasteiger partial charge in [-0.25, -0.2) is 4.39 Å². The minimum absolute atomic E-state index is 0.233. The molecule has 2 aromatic carbocycles. The second-order valence-electron chi connectivity index (χ2n) is 4.75. The van der Waals surface area contributed by atoms with E-state index in [0.717, 1.165) is 16.5 Å². The summed E-state index contributed by atoms with van der Waals surface area (Å²) >= 11 is 0. The Hall–Kier alpha value is -2.69. The Morgan fingerprint density at radius 3 is 2.90 bits per heavy atom. The van der Waals surface area contributed by atoms with Gasteiger partial charge in [0, 0.05) is 11.9 Å². The number of nitrogens with one attached hydrogen (secondary N) is 2. The topological polar surface area (TPSA) is 57.8 Å². The van der Waals surface area contributed by atoms with E-state index in [1.54, 1.807) is 6.07 Å². The fourth-order valence-corrected chi connectivity index (χ4v) is 2.23. The van der Waals surface area contributed by atoms with Gasteiger partial charge < -0.3 is 5.32 Å². The average molecular weight is 283 g/mol. The molecule has 0 radical (unpaired) electrons. The Morgan fingerprint density at radius 2 is 2.05 bits per heavy atom. The first-order valence-corrected chi connectivity index (χ1v) is 6.70. The average Bonchev–Trinajstić information content (AvgIpc) is 2.91. The van der Waals surface area contributed by atoms with Crippen molar-refractivity contribution in [2.24, 2.45) is 0 Å². The van der Waals surface area contributed by atoms with Gasteiger partial charge in [0.2, 0.25) is 0 Å². The van der Waals surface area contributed by atoms with E-state index in [1.165, 1.54) is 12.1 Å². The quantitative estimate of drug-likeness (QED) is 0.773. The molecule has 3 rings (SSSR count). The van der Waals surface area contributed by atoms with Gasteiger partial charge in [0.05, 0.1) is 5.52 Å². The third kappa shape index (κ3) is 2.91. The second-order valence-corrected chi connectivity index (χ2v) is 4.75. The monoisotopic (exact) mass is 283 g/mol. The summed E-state index contributed by atoms with van der Waals surface area (Å²) in [6.07, 6.45) is 0.575. The number of fused-ring (bicyclic) bond motifs is 1. The molecule has 0 atom stereocenters. The number of carbonyl (C=O) groups is 1. The van der Waals surface area contributed by atoms with Crippen LogP contribution in [0.4, 0.5) is 4.39 Å². The number of aromatic nitrogens is 2. The number of carbonyl (C=O) groups excluding carboxylic acids is 1. The lowest BCUT2D eigenvalue weighted by atomic mass is 10.1. The van der Waals surface area contributed by atoms with E-state index in [9.17, 15) is 9.18 Å². The fourth-order valence-electron chi connectivity index (χ4n) is 2.23. The van der Waals surface area contributed by atoms with Gasteiger partial charge in [-0.2, -0.15) is 5.10 Å². The Bertz CT molecular complexity index is 782. The molecule has 0 aliphatic heterocycles. The first-order chi connectivity index (χ1) is 10.2. The number of hydrogen-bond acceptors (Lipinski definition) is 2. The Balaban J connectivity index is 1.64. The summed E-state index contributed by atoms with van der Waals surface area (Å²) in [6.45, 7) is 0.434. The molecule has 21 heavy (non-hydrogen) atoms. The molecule has 1 heterocycles. The summed E-state index contributed by atoms with van der Waals surface area (Å²) in [7, 11) is 0. The van der Waals surface area contributed by atoms with Crippen LogP contribution in [0.2, 0.25) is 0 Å². The summed E-state index contributed by atoms with van der Waals surface area (Å²) in [5.74, 6) is -0.499. The number of hydrogen-bond donors (Lipinski definition) is 2. The zero-order chi connectivity index (χ0) is 14.7. The smallest absolute Gasteiger partial charge is 0.272 e. The van der Waals surface area contributed by atoms with Gasteiger partial charge in [-0.3, -0.25) is 9.89 Å². The number of rotatable bonds is 4. The normalized spacial score (nSPS) is 10.7. The van der Waals surface area contributed by atoms with E-state index in [0.29, 0.717) is 18.7 Å². The van der Waals surface area contributed by atoms with Gasteiger partial charge in [-0.15, -0.1) is 0 Å². The molecule has 2 N–H and O–H groups in total. The van der Waals surface area contributed by atoms with Crippen molar-refractivity contribution in [2.75, 3.05) is 6.54 Å². The molecular weight excluding hydrogens is 269 g/mol. The molecule has 1 amide bonds. The largest absolute Gasteiger partial charge is 0.350 e. The number of H-pyrrole nitrogens is 1. The molecule has 106 valence electrons. The molecule has 0 spiro atoms. The molecule has 0 aliphatic rings. The van der Waals surface area contributed by atoms with Crippen molar-refractivity contribution in [1.29, 1.82) is 0 Å². The predicted octanol–water partition coefficient (Wildman–Crippen LogP) is 2.67. The molecule has 1 aromatic heterocycles. The highest BCUT2D eigenvalue weighted by Crippen LogP contribution is 2.14. The standard InChI is InChI=1S/C16H14FN3O/c17-12-5-3-4-11(10-12)8-9-18-16(21)15-13-6-1-2-7-14(13)19-20-15/h1-7,10H,8-9H2,(H,18,21)(H,19,20). The molecule has 0 aliphatic carbocycles. The molecule has 0 saturated heterocycles. The molecule has 0 bridgehead atoms. The first-order valence-electron chi connectivity index (χ1n) is 6.70. The van der Waals surface area contributed by atoms with E-state index in [1.807, 2.05) is 30.3 Å². The summed E-state index contributed by atoms with van der Waals surface area (Å²) < 4.78 is 13.0. The van der Waals surface area contributed by atoms with Gasteiger partial charge in [0.25, 0.3) is 5.91 Å². The van der Waals surface area contributed by atoms with Crippen molar-refractivity contribution < 1.29 is 9.18 Å². The highest BCUT2D eigenvalue weighted by Gasteiger charge is 2.12. The van der Waals surface area contributed by atoms with Gasteiger partial charge in [0.1, 0.15) is 5.82 Å². The lowest BCUT2D eigenvalue weighted by Gasteiger charge is -2.04. The molecular formula is C16H14FN3O. The van der Waals surface area contributed by atoms with Crippen molar-refractivity contribution in [3.63, 3.8) is 0 Å². The third-order valence-electron chi connectivity index (χ3n) is 3.27. The molecule has 4 nitrogen and oxygen atoms in total. The van der Waals surface area contributed by atoms with Crippen molar-refractivity contribution >= 4 is 16.8 Å².